The highest BCUT2D eigenvalue weighted by molar-refractivity contribution is 6.42. The molecule has 210 valence electrons. The number of methoxy groups -OCH3 is 1. The van der Waals surface area contributed by atoms with Gasteiger partial charge < -0.3 is 23.7 Å². The van der Waals surface area contributed by atoms with Gasteiger partial charge in [-0.1, -0.05) is 47.5 Å². The van der Waals surface area contributed by atoms with Crippen molar-refractivity contribution in [3.8, 4) is 17.2 Å². The molecule has 0 radical (unpaired) electrons. The highest BCUT2D eigenvalue weighted by Crippen LogP contribution is 2.37. The number of nitrogens with one attached hydrogen (secondary N) is 1. The molecule has 0 bridgehead atoms. The van der Waals surface area contributed by atoms with Crippen LogP contribution in [0.25, 0.3) is 6.08 Å². The average Bonchev–Trinajstić information content (AvgIpc) is 2.92. The van der Waals surface area contributed by atoms with E-state index in [9.17, 15) is 9.59 Å². The monoisotopic (exact) mass is 585 g/mol. The molecule has 1 heterocycles. The molecule has 1 atom stereocenters. The maximum Gasteiger partial charge on any atom is 0.412 e. The van der Waals surface area contributed by atoms with Crippen molar-refractivity contribution in [2.75, 3.05) is 13.7 Å². The first-order valence-electron chi connectivity index (χ1n) is 12.4. The Hall–Kier alpha value is -3.88. The predicted octanol–water partition coefficient (Wildman–Crippen LogP) is 7.12. The highest BCUT2D eigenvalue weighted by atomic mass is 35.5. The van der Waals surface area contributed by atoms with E-state index in [2.05, 4.69) is 5.32 Å². The quantitative estimate of drug-likeness (QED) is 0.233. The first-order chi connectivity index (χ1) is 19.0. The molecule has 40 heavy (non-hydrogen) atoms. The number of fused-ring (bicyclic) bond motifs is 1. The molecule has 8 nitrogen and oxygen atoms in total. The number of hydrogen-bond donors (Lipinski definition) is 1. The van der Waals surface area contributed by atoms with E-state index >= 15 is 0 Å². The number of benzene rings is 3. The lowest BCUT2D eigenvalue weighted by Crippen LogP contribution is -2.34. The molecule has 4 rings (SSSR count). The lowest BCUT2D eigenvalue weighted by molar-refractivity contribution is -0.136. The Morgan fingerprint density at radius 3 is 2.42 bits per heavy atom. The number of hydrogen-bond acceptors (Lipinski definition) is 7. The van der Waals surface area contributed by atoms with Crippen molar-refractivity contribution >= 4 is 41.3 Å². The summed E-state index contributed by atoms with van der Waals surface area (Å²) in [6.07, 6.45) is 0.384. The smallest absolute Gasteiger partial charge is 0.412 e. The molecule has 1 aliphatic heterocycles. The summed E-state index contributed by atoms with van der Waals surface area (Å²) in [4.78, 5) is 24.4. The van der Waals surface area contributed by atoms with Crippen LogP contribution in [0.4, 0.5) is 4.79 Å². The number of ether oxygens (including phenoxy) is 5. The molecule has 0 saturated carbocycles. The third-order valence-electron chi connectivity index (χ3n) is 5.62. The van der Waals surface area contributed by atoms with E-state index in [0.29, 0.717) is 39.5 Å². The Labute approximate surface area is 242 Å². The van der Waals surface area contributed by atoms with Gasteiger partial charge in [0, 0.05) is 0 Å². The summed E-state index contributed by atoms with van der Waals surface area (Å²) < 4.78 is 28.0. The Balaban J connectivity index is 1.40. The first kappa shape index (κ1) is 29.1. The fraction of sp³-hybridized carbons (Fsp3) is 0.267. The fourth-order valence-corrected chi connectivity index (χ4v) is 4.07. The van der Waals surface area contributed by atoms with Crippen LogP contribution in [0.3, 0.4) is 0 Å². The summed E-state index contributed by atoms with van der Waals surface area (Å²) in [5.41, 5.74) is 1.63. The number of esters is 1. The molecule has 10 heteroatoms. The van der Waals surface area contributed by atoms with Gasteiger partial charge in [-0.25, -0.2) is 9.59 Å². The van der Waals surface area contributed by atoms with Crippen molar-refractivity contribution in [3.05, 3.63) is 93.1 Å². The Morgan fingerprint density at radius 2 is 1.75 bits per heavy atom. The van der Waals surface area contributed by atoms with Gasteiger partial charge in [0.05, 0.1) is 17.2 Å². The van der Waals surface area contributed by atoms with E-state index in [1.54, 1.807) is 51.1 Å². The van der Waals surface area contributed by atoms with Gasteiger partial charge in [0.25, 0.3) is 0 Å². The molecular weight excluding hydrogens is 557 g/mol. The second-order valence-corrected chi connectivity index (χ2v) is 10.7. The fourth-order valence-electron chi connectivity index (χ4n) is 3.75. The molecule has 0 saturated heterocycles. The Morgan fingerprint density at radius 1 is 1.00 bits per heavy atom. The van der Waals surface area contributed by atoms with Gasteiger partial charge >= 0.3 is 12.1 Å². The highest BCUT2D eigenvalue weighted by Gasteiger charge is 2.24. The van der Waals surface area contributed by atoms with Crippen LogP contribution in [0.1, 0.15) is 43.6 Å². The molecule has 0 aromatic heterocycles. The largest absolute Gasteiger partial charge is 0.489 e. The zero-order valence-corrected chi connectivity index (χ0v) is 24.0. The van der Waals surface area contributed by atoms with Crippen molar-refractivity contribution in [2.45, 2.75) is 39.1 Å². The second kappa shape index (κ2) is 12.5. The van der Waals surface area contributed by atoms with Crippen molar-refractivity contribution in [3.63, 3.8) is 0 Å². The predicted molar refractivity (Wildman–Crippen MR) is 152 cm³/mol. The molecule has 0 spiro atoms. The number of carbonyl (C=O) groups is 2. The van der Waals surface area contributed by atoms with Crippen molar-refractivity contribution < 1.29 is 33.3 Å². The first-order valence-corrected chi connectivity index (χ1v) is 13.2. The number of rotatable bonds is 7. The molecule has 0 aliphatic carbocycles. The summed E-state index contributed by atoms with van der Waals surface area (Å²) in [5.74, 6) is 1.04. The average molecular weight is 586 g/mol. The van der Waals surface area contributed by atoms with Gasteiger partial charge in [0.15, 0.2) is 17.6 Å². The molecule has 1 amide bonds. The van der Waals surface area contributed by atoms with Crippen molar-refractivity contribution in [1.29, 1.82) is 0 Å². The standard InChI is InChI=1S/C30H29Cl2NO7/c1-30(2,3)40-29(35)33-24(28(34)36-4)14-18-6-12-25-26(15-18)38-17-27(39-25)20-7-9-21(10-8-20)37-16-19-5-11-22(31)23(32)13-19/h5-15,27H,16-17H2,1-4H3,(H,33,35). The number of carbonyl (C=O) groups excluding carboxylic acids is 2. The summed E-state index contributed by atoms with van der Waals surface area (Å²) >= 11 is 12.0. The van der Waals surface area contributed by atoms with E-state index < -0.39 is 17.7 Å². The van der Waals surface area contributed by atoms with E-state index in [1.807, 2.05) is 30.3 Å². The molecule has 3 aromatic carbocycles. The maximum atomic E-state index is 12.2. The lowest BCUT2D eigenvalue weighted by atomic mass is 10.1. The number of amides is 1. The van der Waals surface area contributed by atoms with Gasteiger partial charge in [-0.3, -0.25) is 5.32 Å². The molecule has 1 unspecified atom stereocenters. The van der Waals surface area contributed by atoms with Crippen molar-refractivity contribution in [2.24, 2.45) is 0 Å². The van der Waals surface area contributed by atoms with Crippen LogP contribution in [0.15, 0.2) is 66.4 Å². The SMILES string of the molecule is COC(=O)C(=Cc1ccc2c(c1)OCC(c1ccc(OCc3ccc(Cl)c(Cl)c3)cc1)O2)NC(=O)OC(C)(C)C. The van der Waals surface area contributed by atoms with Crippen molar-refractivity contribution in [1.82, 2.24) is 5.32 Å². The molecule has 1 aliphatic rings. The third kappa shape index (κ3) is 7.83. The van der Waals surface area contributed by atoms with Crippen LogP contribution >= 0.6 is 23.2 Å². The van der Waals surface area contributed by atoms with E-state index in [4.69, 9.17) is 46.9 Å². The van der Waals surface area contributed by atoms with Crippen LogP contribution in [-0.4, -0.2) is 31.4 Å². The Kier molecular flexibility index (Phi) is 9.12. The molecule has 1 N–H and O–H groups in total. The summed E-state index contributed by atoms with van der Waals surface area (Å²) in [6, 6.07) is 18.1. The molecule has 0 fully saturated rings. The van der Waals surface area contributed by atoms with Crippen LogP contribution in [-0.2, 0) is 20.9 Å². The van der Waals surface area contributed by atoms with Gasteiger partial charge in [-0.15, -0.1) is 0 Å². The minimum Gasteiger partial charge on any atom is -0.489 e. The third-order valence-corrected chi connectivity index (χ3v) is 6.36. The van der Waals surface area contributed by atoms with Crippen LogP contribution in [0, 0.1) is 0 Å². The second-order valence-electron chi connectivity index (χ2n) is 9.91. The molecular formula is C30H29Cl2NO7. The maximum absolute atomic E-state index is 12.2. The van der Waals surface area contributed by atoms with E-state index in [0.717, 1.165) is 11.1 Å². The van der Waals surface area contributed by atoms with Crippen LogP contribution < -0.4 is 19.5 Å². The number of alkyl carbamates (subject to hydrolysis) is 1. The lowest BCUT2D eigenvalue weighted by Gasteiger charge is -2.27. The topological polar surface area (TPSA) is 92.3 Å². The van der Waals surface area contributed by atoms with E-state index in [-0.39, 0.29) is 18.4 Å². The summed E-state index contributed by atoms with van der Waals surface area (Å²) in [5, 5.41) is 3.42. The zero-order valence-electron chi connectivity index (χ0n) is 22.5. The van der Waals surface area contributed by atoms with Crippen LogP contribution in [0.2, 0.25) is 10.0 Å². The van der Waals surface area contributed by atoms with Crippen LogP contribution in [0.5, 0.6) is 17.2 Å². The Bertz CT molecular complexity index is 1410. The minimum absolute atomic E-state index is 0.0761. The van der Waals surface area contributed by atoms with Gasteiger partial charge in [0.1, 0.15) is 30.3 Å². The van der Waals surface area contributed by atoms with Gasteiger partial charge in [-0.05, 0) is 79.9 Å². The van der Waals surface area contributed by atoms with Gasteiger partial charge in [0.2, 0.25) is 0 Å². The molecule has 3 aromatic rings. The summed E-state index contributed by atoms with van der Waals surface area (Å²) in [6.45, 7) is 5.82. The summed E-state index contributed by atoms with van der Waals surface area (Å²) in [7, 11) is 1.23. The van der Waals surface area contributed by atoms with Gasteiger partial charge in [-0.2, -0.15) is 0 Å². The van der Waals surface area contributed by atoms with E-state index in [1.165, 1.54) is 13.2 Å². The zero-order chi connectivity index (χ0) is 28.9. The number of halogens is 2. The normalized spacial score (nSPS) is 14.8. The minimum atomic E-state index is -0.768.